The number of hydrogen-bond acceptors (Lipinski definition) is 4. The van der Waals surface area contributed by atoms with Gasteiger partial charge < -0.3 is 5.32 Å². The van der Waals surface area contributed by atoms with Crippen LogP contribution in [0.3, 0.4) is 0 Å². The van der Waals surface area contributed by atoms with E-state index in [-0.39, 0.29) is 11.8 Å². The van der Waals surface area contributed by atoms with Gasteiger partial charge >= 0.3 is 0 Å². The van der Waals surface area contributed by atoms with Crippen LogP contribution in [0, 0.1) is 6.92 Å². The molecule has 6 heteroatoms. The summed E-state index contributed by atoms with van der Waals surface area (Å²) in [5.74, 6) is -0.0265. The van der Waals surface area contributed by atoms with Gasteiger partial charge in [-0.15, -0.1) is 0 Å². The second kappa shape index (κ2) is 12.0. The third kappa shape index (κ3) is 6.90. The minimum Gasteiger partial charge on any atom is -0.326 e. The molecule has 1 heterocycles. The van der Waals surface area contributed by atoms with Crippen molar-refractivity contribution in [2.75, 3.05) is 11.9 Å². The molecule has 3 aromatic rings. The Kier molecular flexibility index (Phi) is 8.50. The van der Waals surface area contributed by atoms with Crippen molar-refractivity contribution in [2.24, 2.45) is 0 Å². The zero-order valence-corrected chi connectivity index (χ0v) is 21.3. The molecule has 1 N–H and O–H groups in total. The molecule has 1 aliphatic heterocycles. The summed E-state index contributed by atoms with van der Waals surface area (Å²) in [6, 6.07) is 26.1. The number of unbranched alkanes of at least 4 members (excludes halogenated alkanes) is 2. The van der Waals surface area contributed by atoms with Crippen molar-refractivity contribution < 1.29 is 9.59 Å². The zero-order chi connectivity index (χ0) is 24.6. The molecule has 0 spiro atoms. The van der Waals surface area contributed by atoms with Crippen LogP contribution in [0.5, 0.6) is 0 Å². The Labute approximate surface area is 216 Å². The van der Waals surface area contributed by atoms with E-state index in [1.165, 1.54) is 17.3 Å². The molecule has 0 unspecified atom stereocenters. The molecule has 0 aromatic heterocycles. The summed E-state index contributed by atoms with van der Waals surface area (Å²) in [7, 11) is 0. The molecule has 1 aliphatic rings. The first kappa shape index (κ1) is 24.9. The molecule has 1 saturated heterocycles. The molecule has 0 bridgehead atoms. The summed E-state index contributed by atoms with van der Waals surface area (Å²) >= 11 is 6.78. The second-order valence-corrected chi connectivity index (χ2v) is 10.2. The normalized spacial score (nSPS) is 14.5. The summed E-state index contributed by atoms with van der Waals surface area (Å²) in [4.78, 5) is 27.4. The van der Waals surface area contributed by atoms with E-state index < -0.39 is 0 Å². The van der Waals surface area contributed by atoms with E-state index in [2.05, 4.69) is 17.4 Å². The van der Waals surface area contributed by atoms with Gasteiger partial charge in [0.25, 0.3) is 5.91 Å². The van der Waals surface area contributed by atoms with Gasteiger partial charge in [-0.3, -0.25) is 14.5 Å². The Morgan fingerprint density at radius 3 is 2.31 bits per heavy atom. The van der Waals surface area contributed by atoms with Crippen molar-refractivity contribution in [1.29, 1.82) is 0 Å². The lowest BCUT2D eigenvalue weighted by molar-refractivity contribution is -0.122. The molecule has 178 valence electrons. The summed E-state index contributed by atoms with van der Waals surface area (Å²) in [6.07, 6.45) is 4.78. The van der Waals surface area contributed by atoms with Crippen molar-refractivity contribution in [3.05, 3.63) is 94.9 Å². The van der Waals surface area contributed by atoms with Gasteiger partial charge in [-0.2, -0.15) is 0 Å². The molecule has 2 amide bonds. The first-order valence-corrected chi connectivity index (χ1v) is 13.0. The highest BCUT2D eigenvalue weighted by Crippen LogP contribution is 2.32. The van der Waals surface area contributed by atoms with E-state index in [9.17, 15) is 9.59 Å². The smallest absolute Gasteiger partial charge is 0.266 e. The van der Waals surface area contributed by atoms with Gasteiger partial charge in [0, 0.05) is 18.7 Å². The molecule has 0 saturated carbocycles. The van der Waals surface area contributed by atoms with Gasteiger partial charge in [-0.25, -0.2) is 0 Å². The van der Waals surface area contributed by atoms with E-state index >= 15 is 0 Å². The van der Waals surface area contributed by atoms with E-state index in [0.29, 0.717) is 22.2 Å². The van der Waals surface area contributed by atoms with Gasteiger partial charge in [-0.05, 0) is 54.7 Å². The van der Waals surface area contributed by atoms with Gasteiger partial charge in [0.2, 0.25) is 5.91 Å². The van der Waals surface area contributed by atoms with Crippen LogP contribution >= 0.6 is 24.0 Å². The van der Waals surface area contributed by atoms with Crippen molar-refractivity contribution >= 4 is 51.9 Å². The lowest BCUT2D eigenvalue weighted by Crippen LogP contribution is -2.29. The molecule has 4 nitrogen and oxygen atoms in total. The number of amides is 2. The number of nitrogens with zero attached hydrogens (tertiary/aromatic N) is 1. The Balaban J connectivity index is 1.18. The molecule has 0 atom stereocenters. The number of carbonyl (C=O) groups is 2. The van der Waals surface area contributed by atoms with Crippen molar-refractivity contribution in [3.63, 3.8) is 0 Å². The Morgan fingerprint density at radius 2 is 1.60 bits per heavy atom. The number of hydrogen-bond donors (Lipinski definition) is 1. The second-order valence-electron chi connectivity index (χ2n) is 8.55. The van der Waals surface area contributed by atoms with Crippen LogP contribution in [-0.2, 0) is 9.59 Å². The molecule has 35 heavy (non-hydrogen) atoms. The predicted molar refractivity (Wildman–Crippen MR) is 150 cm³/mol. The van der Waals surface area contributed by atoms with E-state index in [1.807, 2.05) is 79.7 Å². The van der Waals surface area contributed by atoms with Crippen LogP contribution in [0.25, 0.3) is 17.2 Å². The first-order chi connectivity index (χ1) is 17.0. The number of aryl methyl sites for hydroxylation is 1. The molecule has 3 aromatic carbocycles. The lowest BCUT2D eigenvalue weighted by Gasteiger charge is -2.14. The maximum Gasteiger partial charge on any atom is 0.266 e. The predicted octanol–water partition coefficient (Wildman–Crippen LogP) is 7.06. The Bertz CT molecular complexity index is 1220. The fraction of sp³-hybridized carbons (Fsp3) is 0.207. The van der Waals surface area contributed by atoms with E-state index in [4.69, 9.17) is 12.2 Å². The van der Waals surface area contributed by atoms with Gasteiger partial charge in [0.1, 0.15) is 4.32 Å². The monoisotopic (exact) mass is 500 g/mol. The van der Waals surface area contributed by atoms with Crippen molar-refractivity contribution in [3.8, 4) is 11.1 Å². The highest BCUT2D eigenvalue weighted by atomic mass is 32.2. The summed E-state index contributed by atoms with van der Waals surface area (Å²) in [5, 5.41) is 2.96. The fourth-order valence-electron chi connectivity index (χ4n) is 3.84. The molecular formula is C29H28N2O2S2. The molecule has 0 aliphatic carbocycles. The fourth-order valence-corrected chi connectivity index (χ4v) is 5.15. The quantitative estimate of drug-likeness (QED) is 0.194. The SMILES string of the molecule is Cc1ccc(C=C2SC(=S)N(CCCCCC(=O)Nc3ccc(-c4ccccc4)cc3)C2=O)cc1. The van der Waals surface area contributed by atoms with Crippen LogP contribution in [0.4, 0.5) is 5.69 Å². The maximum atomic E-state index is 12.8. The maximum absolute atomic E-state index is 12.8. The standard InChI is InChI=1S/C29H28N2O2S2/c1-21-11-13-22(14-12-21)20-26-28(33)31(29(34)35-26)19-7-3-6-10-27(32)30-25-17-15-24(16-18-25)23-8-4-2-5-9-23/h2,4-5,8-9,11-18,20H,3,6-7,10,19H2,1H3,(H,30,32). The number of carbonyl (C=O) groups excluding carboxylic acids is 2. The number of anilines is 1. The lowest BCUT2D eigenvalue weighted by atomic mass is 10.1. The molecule has 0 radical (unpaired) electrons. The number of thiocarbonyl (C=S) groups is 1. The first-order valence-electron chi connectivity index (χ1n) is 11.8. The number of thioether (sulfide) groups is 1. The Morgan fingerprint density at radius 1 is 0.914 bits per heavy atom. The van der Waals surface area contributed by atoms with Crippen LogP contribution < -0.4 is 5.32 Å². The van der Waals surface area contributed by atoms with E-state index in [1.54, 1.807) is 4.90 Å². The number of benzene rings is 3. The highest BCUT2D eigenvalue weighted by molar-refractivity contribution is 8.26. The van der Waals surface area contributed by atoms with Crippen LogP contribution in [0.15, 0.2) is 83.8 Å². The Hall–Kier alpha value is -3.22. The van der Waals surface area contributed by atoms with Gasteiger partial charge in [0.15, 0.2) is 0 Å². The zero-order valence-electron chi connectivity index (χ0n) is 19.7. The summed E-state index contributed by atoms with van der Waals surface area (Å²) < 4.78 is 0.602. The minimum absolute atomic E-state index is 0.00380. The van der Waals surface area contributed by atoms with Crippen molar-refractivity contribution in [1.82, 2.24) is 4.90 Å². The third-order valence-corrected chi connectivity index (χ3v) is 7.19. The topological polar surface area (TPSA) is 49.4 Å². The highest BCUT2D eigenvalue weighted by Gasteiger charge is 2.31. The van der Waals surface area contributed by atoms with Crippen LogP contribution in [-0.4, -0.2) is 27.6 Å². The van der Waals surface area contributed by atoms with Crippen LogP contribution in [0.1, 0.15) is 36.8 Å². The largest absolute Gasteiger partial charge is 0.326 e. The van der Waals surface area contributed by atoms with Crippen molar-refractivity contribution in [2.45, 2.75) is 32.6 Å². The van der Waals surface area contributed by atoms with Gasteiger partial charge in [-0.1, -0.05) is 103 Å². The average molecular weight is 501 g/mol. The molecular weight excluding hydrogens is 472 g/mol. The van der Waals surface area contributed by atoms with Crippen LogP contribution in [0.2, 0.25) is 0 Å². The summed E-state index contributed by atoms with van der Waals surface area (Å²) in [5.41, 5.74) is 5.25. The van der Waals surface area contributed by atoms with E-state index in [0.717, 1.165) is 41.6 Å². The number of rotatable bonds is 9. The number of nitrogens with one attached hydrogen (secondary N) is 1. The molecule has 4 rings (SSSR count). The minimum atomic E-state index is -0.0303. The third-order valence-electron chi connectivity index (χ3n) is 5.81. The average Bonchev–Trinajstić information content (AvgIpc) is 3.13. The molecule has 1 fully saturated rings. The van der Waals surface area contributed by atoms with Gasteiger partial charge in [0.05, 0.1) is 4.91 Å². The summed E-state index contributed by atoms with van der Waals surface area (Å²) in [6.45, 7) is 2.62.